The third-order valence-corrected chi connectivity index (χ3v) is 1.70. The monoisotopic (exact) mass is 206 g/mol. The number of hydrogen-bond donors (Lipinski definition) is 2. The Labute approximate surface area is 78.4 Å². The summed E-state index contributed by atoms with van der Waals surface area (Å²) in [7, 11) is 0. The van der Waals surface area contributed by atoms with E-state index in [1.165, 1.54) is 6.07 Å². The summed E-state index contributed by atoms with van der Waals surface area (Å²) in [6.07, 6.45) is -3.01. The van der Waals surface area contributed by atoms with Crippen LogP contribution in [0.3, 0.4) is 0 Å². The van der Waals surface area contributed by atoms with E-state index in [0.717, 1.165) is 0 Å². The Morgan fingerprint density at radius 2 is 2.14 bits per heavy atom. The molecule has 1 aromatic rings. The lowest BCUT2D eigenvalue weighted by atomic mass is 10.2. The Bertz CT molecular complexity index is 331. The molecule has 1 heterocycles. The Hall–Kier alpha value is -1.14. The van der Waals surface area contributed by atoms with Crippen LogP contribution in [0.4, 0.5) is 13.2 Å². The minimum absolute atomic E-state index is 0.0764. The molecule has 0 bridgehead atoms. The molecule has 0 aromatic carbocycles. The van der Waals surface area contributed by atoms with Gasteiger partial charge in [0.15, 0.2) is 5.82 Å². The summed E-state index contributed by atoms with van der Waals surface area (Å²) in [5, 5.41) is 8.69. The topological polar surface area (TPSA) is 59.1 Å². The van der Waals surface area contributed by atoms with E-state index in [4.69, 9.17) is 10.8 Å². The summed E-state index contributed by atoms with van der Waals surface area (Å²) < 4.78 is 37.6. The van der Waals surface area contributed by atoms with Gasteiger partial charge in [-0.2, -0.15) is 0 Å². The van der Waals surface area contributed by atoms with Gasteiger partial charge in [0.1, 0.15) is 5.69 Å². The normalized spacial score (nSPS) is 11.0. The predicted molar refractivity (Wildman–Crippen MR) is 43.0 cm³/mol. The minimum atomic E-state index is -3.01. The van der Waals surface area contributed by atoms with Crippen LogP contribution in [0.15, 0.2) is 6.07 Å². The van der Waals surface area contributed by atoms with E-state index >= 15 is 0 Å². The lowest BCUT2D eigenvalue weighted by molar-refractivity contribution is 0.139. The smallest absolute Gasteiger partial charge is 0.283 e. The van der Waals surface area contributed by atoms with Crippen molar-refractivity contribution in [1.29, 1.82) is 0 Å². The van der Waals surface area contributed by atoms with Crippen LogP contribution in [0, 0.1) is 5.82 Å². The van der Waals surface area contributed by atoms with Crippen LogP contribution in [0.5, 0.6) is 0 Å². The van der Waals surface area contributed by atoms with Gasteiger partial charge < -0.3 is 10.8 Å². The van der Waals surface area contributed by atoms with Crippen molar-refractivity contribution in [3.63, 3.8) is 0 Å². The van der Waals surface area contributed by atoms with E-state index in [1.54, 1.807) is 0 Å². The van der Waals surface area contributed by atoms with E-state index in [-0.39, 0.29) is 17.8 Å². The summed E-state index contributed by atoms with van der Waals surface area (Å²) in [5.41, 5.74) is 4.14. The minimum Gasteiger partial charge on any atom is -0.392 e. The third-order valence-electron chi connectivity index (χ3n) is 1.70. The molecule has 3 N–H and O–H groups in total. The molecule has 0 saturated carbocycles. The van der Waals surface area contributed by atoms with Crippen LogP contribution >= 0.6 is 0 Å². The van der Waals surface area contributed by atoms with Gasteiger partial charge in [0.05, 0.1) is 12.3 Å². The third kappa shape index (κ3) is 2.02. The first kappa shape index (κ1) is 10.9. The zero-order chi connectivity index (χ0) is 10.7. The largest absolute Gasteiger partial charge is 0.392 e. The highest BCUT2D eigenvalue weighted by molar-refractivity contribution is 5.24. The molecule has 6 heteroatoms. The molecular formula is C8H9F3N2O. The molecule has 1 rings (SSSR count). The summed E-state index contributed by atoms with van der Waals surface area (Å²) in [4.78, 5) is 3.34. The van der Waals surface area contributed by atoms with Crippen LogP contribution in [0.2, 0.25) is 0 Å². The van der Waals surface area contributed by atoms with Crippen molar-refractivity contribution < 1.29 is 18.3 Å². The second-order valence-corrected chi connectivity index (χ2v) is 2.63. The first-order chi connectivity index (χ1) is 6.60. The van der Waals surface area contributed by atoms with Crippen LogP contribution < -0.4 is 5.73 Å². The molecule has 0 spiro atoms. The van der Waals surface area contributed by atoms with Gasteiger partial charge in [-0.25, -0.2) is 18.2 Å². The molecular weight excluding hydrogens is 197 g/mol. The molecule has 3 nitrogen and oxygen atoms in total. The summed E-state index contributed by atoms with van der Waals surface area (Å²) in [5.74, 6) is -1.17. The molecule has 0 saturated heterocycles. The van der Waals surface area contributed by atoms with Gasteiger partial charge in [0.25, 0.3) is 6.43 Å². The van der Waals surface area contributed by atoms with Crippen LogP contribution in [0.25, 0.3) is 0 Å². The molecule has 0 unspecified atom stereocenters. The van der Waals surface area contributed by atoms with Gasteiger partial charge in [0, 0.05) is 12.1 Å². The lowest BCUT2D eigenvalue weighted by Gasteiger charge is -2.07. The van der Waals surface area contributed by atoms with E-state index in [1.807, 2.05) is 0 Å². The van der Waals surface area contributed by atoms with E-state index in [0.29, 0.717) is 0 Å². The number of aromatic nitrogens is 1. The molecule has 0 aliphatic carbocycles. The first-order valence-corrected chi connectivity index (χ1v) is 3.87. The average Bonchev–Trinajstić information content (AvgIpc) is 2.17. The van der Waals surface area contributed by atoms with Crippen LogP contribution in [-0.2, 0) is 13.2 Å². The number of nitrogens with zero attached hydrogens (tertiary/aromatic N) is 1. The second kappa shape index (κ2) is 4.39. The Kier molecular flexibility index (Phi) is 3.43. The molecule has 1 aromatic heterocycles. The maximum atomic E-state index is 13.1. The van der Waals surface area contributed by atoms with Gasteiger partial charge in [-0.05, 0) is 6.07 Å². The standard InChI is InChI=1S/C8H9F3N2O/c9-6-4(3-14)1-5(2-12)13-7(6)8(10)11/h1,8,14H,2-3,12H2. The highest BCUT2D eigenvalue weighted by Crippen LogP contribution is 2.23. The van der Waals surface area contributed by atoms with Crippen LogP contribution in [0.1, 0.15) is 23.4 Å². The van der Waals surface area contributed by atoms with Crippen molar-refractivity contribution in [3.05, 3.63) is 28.8 Å². The van der Waals surface area contributed by atoms with Gasteiger partial charge >= 0.3 is 0 Å². The number of alkyl halides is 2. The van der Waals surface area contributed by atoms with Crippen molar-refractivity contribution in [2.75, 3.05) is 0 Å². The summed E-state index contributed by atoms with van der Waals surface area (Å²) in [6, 6.07) is 1.17. The fourth-order valence-electron chi connectivity index (χ4n) is 1.03. The number of halogens is 3. The Morgan fingerprint density at radius 1 is 1.50 bits per heavy atom. The van der Waals surface area contributed by atoms with Crippen molar-refractivity contribution in [1.82, 2.24) is 4.98 Å². The van der Waals surface area contributed by atoms with Crippen molar-refractivity contribution >= 4 is 0 Å². The van der Waals surface area contributed by atoms with Crippen LogP contribution in [-0.4, -0.2) is 10.1 Å². The zero-order valence-corrected chi connectivity index (χ0v) is 7.17. The molecule has 14 heavy (non-hydrogen) atoms. The van der Waals surface area contributed by atoms with Crippen molar-refractivity contribution in [2.45, 2.75) is 19.6 Å². The van der Waals surface area contributed by atoms with E-state index in [2.05, 4.69) is 4.98 Å². The Balaban J connectivity index is 3.27. The predicted octanol–water partition coefficient (Wildman–Crippen LogP) is 1.11. The molecule has 0 amide bonds. The molecule has 0 radical (unpaired) electrons. The van der Waals surface area contributed by atoms with Crippen molar-refractivity contribution in [2.24, 2.45) is 5.73 Å². The van der Waals surface area contributed by atoms with Gasteiger partial charge in [-0.3, -0.25) is 0 Å². The average molecular weight is 206 g/mol. The quantitative estimate of drug-likeness (QED) is 0.778. The number of aliphatic hydroxyl groups is 1. The molecule has 0 atom stereocenters. The second-order valence-electron chi connectivity index (χ2n) is 2.63. The van der Waals surface area contributed by atoms with E-state index < -0.39 is 24.5 Å². The van der Waals surface area contributed by atoms with Gasteiger partial charge in [-0.1, -0.05) is 0 Å². The number of hydrogen-bond acceptors (Lipinski definition) is 3. The lowest BCUT2D eigenvalue weighted by Crippen LogP contribution is -2.08. The van der Waals surface area contributed by atoms with E-state index in [9.17, 15) is 13.2 Å². The number of pyridine rings is 1. The molecule has 0 aliphatic heterocycles. The Morgan fingerprint density at radius 3 is 2.57 bits per heavy atom. The fraction of sp³-hybridized carbons (Fsp3) is 0.375. The molecule has 0 fully saturated rings. The molecule has 78 valence electrons. The maximum absolute atomic E-state index is 13.1. The fourth-order valence-corrected chi connectivity index (χ4v) is 1.03. The zero-order valence-electron chi connectivity index (χ0n) is 7.17. The maximum Gasteiger partial charge on any atom is 0.283 e. The summed E-state index contributed by atoms with van der Waals surface area (Å²) >= 11 is 0. The highest BCUT2D eigenvalue weighted by Gasteiger charge is 2.19. The van der Waals surface area contributed by atoms with Gasteiger partial charge in [-0.15, -0.1) is 0 Å². The SMILES string of the molecule is NCc1cc(CO)c(F)c(C(F)F)n1. The van der Waals surface area contributed by atoms with Crippen molar-refractivity contribution in [3.8, 4) is 0 Å². The number of aliphatic hydroxyl groups excluding tert-OH is 1. The summed E-state index contributed by atoms with van der Waals surface area (Å²) in [6.45, 7) is -0.728. The highest BCUT2D eigenvalue weighted by atomic mass is 19.3. The molecule has 0 aliphatic rings. The number of nitrogens with two attached hydrogens (primary N) is 1. The number of rotatable bonds is 3. The van der Waals surface area contributed by atoms with Gasteiger partial charge in [0.2, 0.25) is 0 Å². The first-order valence-electron chi connectivity index (χ1n) is 3.87.